The van der Waals surface area contributed by atoms with Crippen molar-refractivity contribution in [3.8, 4) is 11.1 Å². The zero-order valence-corrected chi connectivity index (χ0v) is 23.0. The van der Waals surface area contributed by atoms with Crippen LogP contribution in [-0.2, 0) is 0 Å². The average molecular weight is 501 g/mol. The van der Waals surface area contributed by atoms with Gasteiger partial charge in [-0.15, -0.1) is 0 Å². The number of benzene rings is 5. The molecule has 2 aliphatic carbocycles. The number of rotatable bonds is 3. The molecule has 0 bridgehead atoms. The van der Waals surface area contributed by atoms with Crippen LogP contribution in [0.2, 0.25) is 0 Å². The molecule has 1 unspecified atom stereocenters. The van der Waals surface area contributed by atoms with Crippen molar-refractivity contribution in [1.29, 1.82) is 0 Å². The number of allylic oxidation sites excluding steroid dienone is 2. The third-order valence-corrected chi connectivity index (χ3v) is 8.63. The highest BCUT2D eigenvalue weighted by molar-refractivity contribution is 5.88. The Kier molecular flexibility index (Phi) is 5.53. The van der Waals surface area contributed by atoms with E-state index >= 15 is 0 Å². The molecular formula is C39H32. The molecule has 0 aliphatic heterocycles. The molecule has 0 spiro atoms. The van der Waals surface area contributed by atoms with Crippen molar-refractivity contribution in [3.63, 3.8) is 0 Å². The van der Waals surface area contributed by atoms with Crippen molar-refractivity contribution in [2.24, 2.45) is 0 Å². The minimum Gasteiger partial charge on any atom is -0.0690 e. The molecule has 0 heterocycles. The first kappa shape index (κ1) is 23.7. The SMILES string of the molecule is CC1=CC(c2c(C)c(=C(c3ccccc3)c3ccccc3)cc3c2=Cc2cc(C)ccc2-3)c2cccc(C)c21. The monoisotopic (exact) mass is 500 g/mol. The number of hydrogen-bond donors (Lipinski definition) is 0. The molecular weight excluding hydrogens is 468 g/mol. The summed E-state index contributed by atoms with van der Waals surface area (Å²) in [7, 11) is 0. The van der Waals surface area contributed by atoms with Crippen molar-refractivity contribution in [1.82, 2.24) is 0 Å². The fraction of sp³-hybridized carbons (Fsp3) is 0.128. The van der Waals surface area contributed by atoms with E-state index in [1.165, 1.54) is 82.8 Å². The fourth-order valence-electron chi connectivity index (χ4n) is 6.90. The molecule has 0 radical (unpaired) electrons. The molecule has 0 fully saturated rings. The quantitative estimate of drug-likeness (QED) is 0.230. The minimum atomic E-state index is 0.230. The Labute approximate surface area is 231 Å². The van der Waals surface area contributed by atoms with Crippen molar-refractivity contribution >= 4 is 17.2 Å². The Morgan fingerprint density at radius 2 is 1.33 bits per heavy atom. The molecule has 1 atom stereocenters. The zero-order chi connectivity index (χ0) is 26.7. The summed E-state index contributed by atoms with van der Waals surface area (Å²) in [5, 5.41) is 2.69. The zero-order valence-electron chi connectivity index (χ0n) is 23.0. The highest BCUT2D eigenvalue weighted by Gasteiger charge is 2.29. The van der Waals surface area contributed by atoms with Gasteiger partial charge < -0.3 is 0 Å². The van der Waals surface area contributed by atoms with E-state index in [4.69, 9.17) is 0 Å². The van der Waals surface area contributed by atoms with E-state index in [1.54, 1.807) is 0 Å². The lowest BCUT2D eigenvalue weighted by molar-refractivity contribution is 1.01. The van der Waals surface area contributed by atoms with Crippen LogP contribution in [0.4, 0.5) is 0 Å². The Morgan fingerprint density at radius 3 is 2.03 bits per heavy atom. The Balaban J connectivity index is 1.65. The summed E-state index contributed by atoms with van der Waals surface area (Å²) < 4.78 is 0. The van der Waals surface area contributed by atoms with Gasteiger partial charge in [-0.2, -0.15) is 0 Å². The lowest BCUT2D eigenvalue weighted by Gasteiger charge is -2.20. The van der Waals surface area contributed by atoms with Crippen molar-refractivity contribution in [2.45, 2.75) is 33.6 Å². The van der Waals surface area contributed by atoms with E-state index in [1.807, 2.05) is 0 Å². The van der Waals surface area contributed by atoms with Gasteiger partial charge in [0.05, 0.1) is 0 Å². The molecule has 0 amide bonds. The molecule has 0 N–H and O–H groups in total. The number of aryl methyl sites for hydroxylation is 2. The van der Waals surface area contributed by atoms with Gasteiger partial charge in [-0.05, 0) is 117 Å². The van der Waals surface area contributed by atoms with Crippen LogP contribution >= 0.6 is 0 Å². The van der Waals surface area contributed by atoms with Crippen LogP contribution < -0.4 is 10.4 Å². The van der Waals surface area contributed by atoms with E-state index in [2.05, 4.69) is 143 Å². The molecule has 188 valence electrons. The maximum absolute atomic E-state index is 2.50. The minimum absolute atomic E-state index is 0.230. The summed E-state index contributed by atoms with van der Waals surface area (Å²) in [4.78, 5) is 0. The lowest BCUT2D eigenvalue weighted by Crippen LogP contribution is -2.25. The van der Waals surface area contributed by atoms with Crippen LogP contribution in [0.25, 0.3) is 28.3 Å². The summed E-state index contributed by atoms with van der Waals surface area (Å²) in [6.45, 7) is 9.05. The summed E-state index contributed by atoms with van der Waals surface area (Å²) in [5.41, 5.74) is 17.5. The van der Waals surface area contributed by atoms with E-state index < -0.39 is 0 Å². The van der Waals surface area contributed by atoms with Crippen molar-refractivity contribution in [2.75, 3.05) is 0 Å². The number of fused-ring (bicyclic) bond motifs is 4. The Bertz CT molecular complexity index is 1880. The molecule has 0 nitrogen and oxygen atoms in total. The smallest absolute Gasteiger partial charge is 0.0290 e. The molecule has 0 heteroatoms. The molecule has 0 saturated carbocycles. The average Bonchev–Trinajstić information content (AvgIpc) is 3.47. The van der Waals surface area contributed by atoms with Crippen LogP contribution in [0.5, 0.6) is 0 Å². The van der Waals surface area contributed by atoms with Gasteiger partial charge in [-0.3, -0.25) is 0 Å². The first-order valence-electron chi connectivity index (χ1n) is 13.9. The summed E-state index contributed by atoms with van der Waals surface area (Å²) in [6, 6.07) is 37.9. The molecule has 39 heavy (non-hydrogen) atoms. The first-order valence-corrected chi connectivity index (χ1v) is 13.9. The molecule has 0 aromatic heterocycles. The van der Waals surface area contributed by atoms with Gasteiger partial charge in [0.15, 0.2) is 0 Å². The Morgan fingerprint density at radius 1 is 0.641 bits per heavy atom. The predicted octanol–water partition coefficient (Wildman–Crippen LogP) is 8.22. The topological polar surface area (TPSA) is 0 Å². The maximum Gasteiger partial charge on any atom is 0.0290 e. The predicted molar refractivity (Wildman–Crippen MR) is 165 cm³/mol. The van der Waals surface area contributed by atoms with Gasteiger partial charge in [-0.25, -0.2) is 0 Å². The highest BCUT2D eigenvalue weighted by Crippen LogP contribution is 2.42. The maximum atomic E-state index is 2.50. The van der Waals surface area contributed by atoms with Crippen molar-refractivity contribution < 1.29 is 0 Å². The van der Waals surface area contributed by atoms with Gasteiger partial charge in [0.25, 0.3) is 0 Å². The molecule has 7 rings (SSSR count). The van der Waals surface area contributed by atoms with Gasteiger partial charge >= 0.3 is 0 Å². The largest absolute Gasteiger partial charge is 0.0690 e. The number of hydrogen-bond acceptors (Lipinski definition) is 0. The Hall–Kier alpha value is -4.42. The van der Waals surface area contributed by atoms with Gasteiger partial charge in [0, 0.05) is 5.92 Å². The van der Waals surface area contributed by atoms with Crippen LogP contribution in [0.3, 0.4) is 0 Å². The van der Waals surface area contributed by atoms with Crippen molar-refractivity contribution in [3.05, 3.63) is 170 Å². The second-order valence-corrected chi connectivity index (χ2v) is 11.1. The highest BCUT2D eigenvalue weighted by atomic mass is 14.3. The van der Waals surface area contributed by atoms with E-state index in [0.29, 0.717) is 0 Å². The molecule has 5 aromatic rings. The van der Waals surface area contributed by atoms with Gasteiger partial charge in [0.1, 0.15) is 0 Å². The molecule has 0 saturated heterocycles. The standard InChI is InChI=1S/C39H32/c1-24-18-19-31-30(20-24)22-36-34(31)23-33(39(28-13-7-5-8-14-28)29-15-9-6-10-16-29)27(4)38(36)35-21-26(3)37-25(2)12-11-17-32(35)37/h5-23,35H,1-4H3. The van der Waals surface area contributed by atoms with Gasteiger partial charge in [-0.1, -0.05) is 109 Å². The van der Waals surface area contributed by atoms with Crippen LogP contribution in [0.15, 0.2) is 109 Å². The van der Waals surface area contributed by atoms with E-state index in [0.717, 1.165) is 0 Å². The summed E-state index contributed by atoms with van der Waals surface area (Å²) in [6.07, 6.45) is 4.93. The van der Waals surface area contributed by atoms with Gasteiger partial charge in [0.2, 0.25) is 0 Å². The second-order valence-electron chi connectivity index (χ2n) is 11.1. The lowest BCUT2D eigenvalue weighted by atomic mass is 9.83. The first-order chi connectivity index (χ1) is 19.0. The van der Waals surface area contributed by atoms with Crippen LogP contribution in [-0.4, -0.2) is 0 Å². The molecule has 5 aromatic carbocycles. The third kappa shape index (κ3) is 3.74. The summed E-state index contributed by atoms with van der Waals surface area (Å²) in [5.74, 6) is 0.230. The van der Waals surface area contributed by atoms with Crippen LogP contribution in [0, 0.1) is 20.8 Å². The van der Waals surface area contributed by atoms with Crippen LogP contribution in [0.1, 0.15) is 62.9 Å². The second kappa shape index (κ2) is 9.10. The summed E-state index contributed by atoms with van der Waals surface area (Å²) >= 11 is 0. The molecule has 2 aliphatic rings. The third-order valence-electron chi connectivity index (χ3n) is 8.63. The van der Waals surface area contributed by atoms with E-state index in [9.17, 15) is 0 Å². The van der Waals surface area contributed by atoms with E-state index in [-0.39, 0.29) is 5.92 Å². The normalized spacial score (nSPS) is 14.8. The fourth-order valence-corrected chi connectivity index (χ4v) is 6.90.